The van der Waals surface area contributed by atoms with Crippen LogP contribution in [0.1, 0.15) is 12.8 Å². The smallest absolute Gasteiger partial charge is 0.169 e. The number of rotatable bonds is 7. The van der Waals surface area contributed by atoms with E-state index in [-0.39, 0.29) is 0 Å². The Hall–Kier alpha value is -1.15. The zero-order chi connectivity index (χ0) is 14.3. The van der Waals surface area contributed by atoms with Gasteiger partial charge in [-0.1, -0.05) is 11.2 Å². The van der Waals surface area contributed by atoms with Crippen LogP contribution in [0.5, 0.6) is 0 Å². The average Bonchev–Trinajstić information content (AvgIpc) is 2.42. The predicted octanol–water partition coefficient (Wildman–Crippen LogP) is 0.0871. The number of hydrogen-bond donors (Lipinski definition) is 3. The standard InChI is InChI=1S/C11H19N3O5/c1-2-3-4-5-18-11-8(13-14-12)10(17)9(16)7(6-15)19-11/h2,7-11,15-17H,1,3-6H2/t7-,8-,9+,10-,11?/m1/s1. The number of aliphatic hydroxyl groups is 3. The molecular formula is C11H19N3O5. The van der Waals surface area contributed by atoms with Crippen molar-refractivity contribution in [1.29, 1.82) is 0 Å². The Balaban J connectivity index is 2.66. The van der Waals surface area contributed by atoms with E-state index in [4.69, 9.17) is 20.1 Å². The molecule has 0 aromatic heterocycles. The van der Waals surface area contributed by atoms with Crippen LogP contribution in [0.2, 0.25) is 0 Å². The molecule has 0 saturated carbocycles. The lowest BCUT2D eigenvalue weighted by Crippen LogP contribution is -2.58. The van der Waals surface area contributed by atoms with Crippen LogP contribution in [-0.4, -0.2) is 59.2 Å². The maximum atomic E-state index is 9.84. The molecule has 19 heavy (non-hydrogen) atoms. The van der Waals surface area contributed by atoms with Gasteiger partial charge < -0.3 is 24.8 Å². The van der Waals surface area contributed by atoms with Crippen LogP contribution in [0.4, 0.5) is 0 Å². The van der Waals surface area contributed by atoms with E-state index in [1.165, 1.54) is 0 Å². The van der Waals surface area contributed by atoms with Gasteiger partial charge in [0.1, 0.15) is 18.2 Å². The Kier molecular flexibility index (Phi) is 6.79. The summed E-state index contributed by atoms with van der Waals surface area (Å²) in [6, 6.07) is -1.05. The number of hydrogen-bond acceptors (Lipinski definition) is 6. The Bertz CT molecular complexity index is 334. The van der Waals surface area contributed by atoms with Gasteiger partial charge in [0.15, 0.2) is 6.29 Å². The molecule has 1 heterocycles. The van der Waals surface area contributed by atoms with E-state index in [2.05, 4.69) is 16.6 Å². The van der Waals surface area contributed by atoms with Gasteiger partial charge >= 0.3 is 0 Å². The van der Waals surface area contributed by atoms with E-state index in [1.807, 2.05) is 0 Å². The summed E-state index contributed by atoms with van der Waals surface area (Å²) in [5.74, 6) is 0. The molecule has 0 amide bonds. The van der Waals surface area contributed by atoms with Crippen LogP contribution < -0.4 is 0 Å². The Morgan fingerprint density at radius 2 is 2.16 bits per heavy atom. The molecule has 0 spiro atoms. The van der Waals surface area contributed by atoms with Gasteiger partial charge in [0, 0.05) is 4.91 Å². The molecule has 1 fully saturated rings. The highest BCUT2D eigenvalue weighted by atomic mass is 16.7. The number of azide groups is 1. The zero-order valence-corrected chi connectivity index (χ0v) is 10.5. The number of allylic oxidation sites excluding steroid dienone is 1. The van der Waals surface area contributed by atoms with Crippen LogP contribution >= 0.6 is 0 Å². The van der Waals surface area contributed by atoms with Crippen molar-refractivity contribution in [1.82, 2.24) is 0 Å². The van der Waals surface area contributed by atoms with Crippen molar-refractivity contribution in [2.24, 2.45) is 5.11 Å². The fourth-order valence-corrected chi connectivity index (χ4v) is 1.81. The highest BCUT2D eigenvalue weighted by Gasteiger charge is 2.44. The van der Waals surface area contributed by atoms with Crippen molar-refractivity contribution in [3.05, 3.63) is 23.1 Å². The van der Waals surface area contributed by atoms with Gasteiger partial charge in [-0.25, -0.2) is 0 Å². The van der Waals surface area contributed by atoms with E-state index in [0.29, 0.717) is 13.0 Å². The summed E-state index contributed by atoms with van der Waals surface area (Å²) in [5, 5.41) is 32.0. The lowest BCUT2D eigenvalue weighted by molar-refractivity contribution is -0.265. The lowest BCUT2D eigenvalue weighted by Gasteiger charge is -2.40. The quantitative estimate of drug-likeness (QED) is 0.199. The molecule has 1 aliphatic rings. The topological polar surface area (TPSA) is 128 Å². The second-order valence-electron chi connectivity index (χ2n) is 4.20. The van der Waals surface area contributed by atoms with Crippen molar-refractivity contribution >= 4 is 0 Å². The molecule has 0 aliphatic carbocycles. The molecule has 1 saturated heterocycles. The summed E-state index contributed by atoms with van der Waals surface area (Å²) in [4.78, 5) is 2.60. The summed E-state index contributed by atoms with van der Waals surface area (Å²) in [6.45, 7) is 3.44. The molecule has 5 atom stereocenters. The molecule has 108 valence electrons. The van der Waals surface area contributed by atoms with Gasteiger partial charge in [-0.15, -0.1) is 6.58 Å². The number of nitrogens with zero attached hydrogens (tertiary/aromatic N) is 3. The van der Waals surface area contributed by atoms with Gasteiger partial charge in [-0.2, -0.15) is 0 Å². The number of ether oxygens (including phenoxy) is 2. The fraction of sp³-hybridized carbons (Fsp3) is 0.818. The first-order valence-electron chi connectivity index (χ1n) is 6.04. The van der Waals surface area contributed by atoms with Crippen LogP contribution in [0.25, 0.3) is 10.4 Å². The molecule has 0 radical (unpaired) electrons. The second-order valence-corrected chi connectivity index (χ2v) is 4.20. The fourth-order valence-electron chi connectivity index (χ4n) is 1.81. The summed E-state index contributed by atoms with van der Waals surface area (Å²) in [7, 11) is 0. The van der Waals surface area contributed by atoms with Gasteiger partial charge in [-0.3, -0.25) is 0 Å². The number of unbranched alkanes of at least 4 members (excludes halogenated alkanes) is 1. The molecule has 8 nitrogen and oxygen atoms in total. The van der Waals surface area contributed by atoms with Crippen molar-refractivity contribution in [2.75, 3.05) is 13.2 Å². The largest absolute Gasteiger partial charge is 0.394 e. The lowest BCUT2D eigenvalue weighted by atomic mass is 9.98. The van der Waals surface area contributed by atoms with E-state index in [0.717, 1.165) is 6.42 Å². The van der Waals surface area contributed by atoms with Crippen LogP contribution in [0.15, 0.2) is 17.8 Å². The molecule has 1 aliphatic heterocycles. The van der Waals surface area contributed by atoms with Gasteiger partial charge in [0.2, 0.25) is 0 Å². The highest BCUT2D eigenvalue weighted by molar-refractivity contribution is 4.93. The van der Waals surface area contributed by atoms with Crippen molar-refractivity contribution in [2.45, 2.75) is 43.5 Å². The molecule has 1 rings (SSSR count). The maximum absolute atomic E-state index is 9.84. The first-order valence-corrected chi connectivity index (χ1v) is 6.04. The van der Waals surface area contributed by atoms with Crippen LogP contribution in [0.3, 0.4) is 0 Å². The van der Waals surface area contributed by atoms with E-state index >= 15 is 0 Å². The third-order valence-electron chi connectivity index (χ3n) is 2.87. The summed E-state index contributed by atoms with van der Waals surface area (Å²) < 4.78 is 10.7. The average molecular weight is 273 g/mol. The highest BCUT2D eigenvalue weighted by Crippen LogP contribution is 2.24. The molecular weight excluding hydrogens is 254 g/mol. The minimum atomic E-state index is -1.34. The summed E-state index contributed by atoms with van der Waals surface area (Å²) in [6.07, 6.45) is -1.42. The normalized spacial score (nSPS) is 34.6. The molecule has 0 aromatic rings. The van der Waals surface area contributed by atoms with Crippen molar-refractivity contribution in [3.63, 3.8) is 0 Å². The van der Waals surface area contributed by atoms with Gasteiger partial charge in [-0.05, 0) is 18.4 Å². The monoisotopic (exact) mass is 273 g/mol. The molecule has 1 unspecified atom stereocenters. The Morgan fingerprint density at radius 3 is 2.74 bits per heavy atom. The maximum Gasteiger partial charge on any atom is 0.169 e. The zero-order valence-electron chi connectivity index (χ0n) is 10.5. The molecule has 0 aromatic carbocycles. The van der Waals surface area contributed by atoms with Crippen molar-refractivity contribution in [3.8, 4) is 0 Å². The van der Waals surface area contributed by atoms with E-state index in [1.54, 1.807) is 6.08 Å². The third kappa shape index (κ3) is 4.17. The SMILES string of the molecule is C=CCCCOC1O[C@H](CO)[C@H](O)[C@H](O)[C@H]1N=[N+]=[N-]. The molecule has 3 N–H and O–H groups in total. The molecule has 0 bridgehead atoms. The molecule has 8 heteroatoms. The first-order chi connectivity index (χ1) is 9.15. The summed E-state index contributed by atoms with van der Waals surface area (Å²) in [5.41, 5.74) is 8.46. The van der Waals surface area contributed by atoms with Gasteiger partial charge in [0.05, 0.1) is 19.3 Å². The predicted molar refractivity (Wildman–Crippen MR) is 66.1 cm³/mol. The van der Waals surface area contributed by atoms with E-state index < -0.39 is 37.3 Å². The Labute approximate surface area is 110 Å². The van der Waals surface area contributed by atoms with Crippen molar-refractivity contribution < 1.29 is 24.8 Å². The van der Waals surface area contributed by atoms with E-state index in [9.17, 15) is 10.2 Å². The third-order valence-corrected chi connectivity index (χ3v) is 2.87. The van der Waals surface area contributed by atoms with Gasteiger partial charge in [0.25, 0.3) is 0 Å². The van der Waals surface area contributed by atoms with Crippen LogP contribution in [-0.2, 0) is 9.47 Å². The Morgan fingerprint density at radius 1 is 1.42 bits per heavy atom. The van der Waals surface area contributed by atoms with Crippen LogP contribution in [0, 0.1) is 0 Å². The summed E-state index contributed by atoms with van der Waals surface area (Å²) >= 11 is 0. The number of aliphatic hydroxyl groups excluding tert-OH is 3. The minimum Gasteiger partial charge on any atom is -0.394 e. The second kappa shape index (κ2) is 8.11. The first kappa shape index (κ1) is 15.9. The minimum absolute atomic E-state index is 0.328.